The Morgan fingerprint density at radius 2 is 2.10 bits per heavy atom. The molecule has 2 aromatic rings. The number of aromatic amines is 1. The van der Waals surface area contributed by atoms with E-state index in [1.807, 2.05) is 18.3 Å². The summed E-state index contributed by atoms with van der Waals surface area (Å²) in [7, 11) is 0. The maximum absolute atomic E-state index is 5.95. The fourth-order valence-electron chi connectivity index (χ4n) is 2.91. The molecule has 0 atom stereocenters. The van der Waals surface area contributed by atoms with E-state index in [-0.39, 0.29) is 0 Å². The summed E-state index contributed by atoms with van der Waals surface area (Å²) in [5.41, 5.74) is 6.85. The Morgan fingerprint density at radius 1 is 1.25 bits per heavy atom. The van der Waals surface area contributed by atoms with Gasteiger partial charge in [0, 0.05) is 23.6 Å². The molecule has 20 heavy (non-hydrogen) atoms. The van der Waals surface area contributed by atoms with Crippen molar-refractivity contribution in [1.29, 1.82) is 0 Å². The average molecular weight is 273 g/mol. The van der Waals surface area contributed by atoms with Gasteiger partial charge >= 0.3 is 0 Å². The van der Waals surface area contributed by atoms with Crippen molar-refractivity contribution in [2.24, 2.45) is 11.7 Å². The summed E-state index contributed by atoms with van der Waals surface area (Å²) in [6.07, 6.45) is 4.41. The van der Waals surface area contributed by atoms with Crippen LogP contribution in [0.3, 0.4) is 0 Å². The fraction of sp³-hybridized carbons (Fsp3) is 0.500. The highest BCUT2D eigenvalue weighted by molar-refractivity contribution is 5.85. The van der Waals surface area contributed by atoms with Crippen LogP contribution in [0, 0.1) is 5.92 Å². The van der Waals surface area contributed by atoms with E-state index in [4.69, 9.17) is 10.5 Å². The Bertz CT molecular complexity index is 543. The lowest BCUT2D eigenvalue weighted by Gasteiger charge is -2.31. The monoisotopic (exact) mass is 273 g/mol. The number of nitrogens with two attached hydrogens (primary N) is 1. The van der Waals surface area contributed by atoms with Crippen molar-refractivity contribution in [1.82, 2.24) is 9.88 Å². The van der Waals surface area contributed by atoms with Crippen LogP contribution in [0.2, 0.25) is 0 Å². The smallest absolute Gasteiger partial charge is 0.128 e. The third-order valence-corrected chi connectivity index (χ3v) is 4.26. The van der Waals surface area contributed by atoms with Gasteiger partial charge < -0.3 is 15.5 Å². The van der Waals surface area contributed by atoms with Crippen molar-refractivity contribution in [2.75, 3.05) is 32.8 Å². The zero-order chi connectivity index (χ0) is 13.8. The predicted octanol–water partition coefficient (Wildman–Crippen LogP) is 2.22. The second kappa shape index (κ2) is 6.29. The summed E-state index contributed by atoms with van der Waals surface area (Å²) >= 11 is 0. The number of piperidine rings is 1. The quantitative estimate of drug-likeness (QED) is 0.878. The largest absolute Gasteiger partial charge is 0.492 e. The minimum absolute atomic E-state index is 0.723. The van der Waals surface area contributed by atoms with E-state index in [1.165, 1.54) is 12.8 Å². The number of nitrogens with zero attached hydrogens (tertiary/aromatic N) is 1. The lowest BCUT2D eigenvalue weighted by molar-refractivity contribution is 0.158. The van der Waals surface area contributed by atoms with Gasteiger partial charge in [0.15, 0.2) is 0 Å². The molecular formula is C16H23N3O. The molecule has 0 amide bonds. The predicted molar refractivity (Wildman–Crippen MR) is 82.0 cm³/mol. The maximum Gasteiger partial charge on any atom is 0.128 e. The number of likely N-dealkylation sites (tertiary alicyclic amines) is 1. The second-order valence-corrected chi connectivity index (χ2v) is 5.56. The van der Waals surface area contributed by atoms with Crippen molar-refractivity contribution < 1.29 is 4.74 Å². The molecule has 1 saturated heterocycles. The van der Waals surface area contributed by atoms with Crippen LogP contribution in [0.5, 0.6) is 5.75 Å². The number of aromatic nitrogens is 1. The van der Waals surface area contributed by atoms with E-state index in [2.05, 4.69) is 22.0 Å². The normalized spacial score (nSPS) is 17.6. The molecule has 2 heterocycles. The molecule has 3 rings (SSSR count). The van der Waals surface area contributed by atoms with Crippen LogP contribution in [-0.2, 0) is 0 Å². The van der Waals surface area contributed by atoms with Gasteiger partial charge in [-0.05, 0) is 56.6 Å². The summed E-state index contributed by atoms with van der Waals surface area (Å²) in [6.45, 7) is 4.88. The summed E-state index contributed by atoms with van der Waals surface area (Å²) in [5.74, 6) is 1.70. The fourth-order valence-corrected chi connectivity index (χ4v) is 2.91. The Labute approximate surface area is 119 Å². The number of hydrogen-bond donors (Lipinski definition) is 2. The molecule has 4 heteroatoms. The minimum atomic E-state index is 0.723. The van der Waals surface area contributed by atoms with E-state index in [0.29, 0.717) is 0 Å². The number of hydrogen-bond acceptors (Lipinski definition) is 3. The van der Waals surface area contributed by atoms with E-state index in [9.17, 15) is 0 Å². The van der Waals surface area contributed by atoms with Crippen molar-refractivity contribution in [3.8, 4) is 5.75 Å². The molecule has 0 unspecified atom stereocenters. The zero-order valence-corrected chi connectivity index (χ0v) is 11.8. The molecule has 0 radical (unpaired) electrons. The van der Waals surface area contributed by atoms with E-state index >= 15 is 0 Å². The first kappa shape index (κ1) is 13.5. The van der Waals surface area contributed by atoms with Gasteiger partial charge in [0.25, 0.3) is 0 Å². The maximum atomic E-state index is 5.95. The molecule has 1 aromatic heterocycles. The molecule has 0 spiro atoms. The van der Waals surface area contributed by atoms with Gasteiger partial charge in [-0.15, -0.1) is 0 Å². The zero-order valence-electron chi connectivity index (χ0n) is 11.8. The number of rotatable bonds is 5. The molecule has 1 fully saturated rings. The molecule has 3 N–H and O–H groups in total. The summed E-state index contributed by atoms with van der Waals surface area (Å²) in [6, 6.07) is 8.20. The number of benzene rings is 1. The standard InChI is InChI=1S/C16H23N3O/c17-12-13-5-8-19(9-6-13)10-11-20-16-3-1-2-15-14(16)4-7-18-15/h1-4,7,13,18H,5-6,8-12,17H2. The second-order valence-electron chi connectivity index (χ2n) is 5.56. The molecule has 0 bridgehead atoms. The van der Waals surface area contributed by atoms with Crippen LogP contribution < -0.4 is 10.5 Å². The Kier molecular flexibility index (Phi) is 4.23. The van der Waals surface area contributed by atoms with Gasteiger partial charge in [-0.2, -0.15) is 0 Å². The lowest BCUT2D eigenvalue weighted by Crippen LogP contribution is -2.38. The number of H-pyrrole nitrogens is 1. The molecular weight excluding hydrogens is 250 g/mol. The van der Waals surface area contributed by atoms with Crippen LogP contribution >= 0.6 is 0 Å². The molecule has 108 valence electrons. The van der Waals surface area contributed by atoms with Crippen LogP contribution in [0.25, 0.3) is 10.9 Å². The highest BCUT2D eigenvalue weighted by Gasteiger charge is 2.17. The molecule has 0 saturated carbocycles. The highest BCUT2D eigenvalue weighted by atomic mass is 16.5. The van der Waals surface area contributed by atoms with Crippen LogP contribution in [0.4, 0.5) is 0 Å². The number of ether oxygens (including phenoxy) is 1. The van der Waals surface area contributed by atoms with E-state index < -0.39 is 0 Å². The Balaban J connectivity index is 1.49. The lowest BCUT2D eigenvalue weighted by atomic mass is 9.97. The summed E-state index contributed by atoms with van der Waals surface area (Å²) in [5, 5.41) is 1.16. The first-order chi connectivity index (χ1) is 9.86. The highest BCUT2D eigenvalue weighted by Crippen LogP contribution is 2.24. The van der Waals surface area contributed by atoms with E-state index in [0.717, 1.165) is 55.4 Å². The van der Waals surface area contributed by atoms with Gasteiger partial charge in [0.05, 0.1) is 0 Å². The first-order valence-corrected chi connectivity index (χ1v) is 7.48. The summed E-state index contributed by atoms with van der Waals surface area (Å²) < 4.78 is 5.95. The van der Waals surface area contributed by atoms with E-state index in [1.54, 1.807) is 0 Å². The van der Waals surface area contributed by atoms with Crippen LogP contribution in [-0.4, -0.2) is 42.7 Å². The van der Waals surface area contributed by atoms with Gasteiger partial charge in [0.2, 0.25) is 0 Å². The number of nitrogens with one attached hydrogen (secondary N) is 1. The average Bonchev–Trinajstić information content (AvgIpc) is 2.97. The van der Waals surface area contributed by atoms with Crippen molar-refractivity contribution >= 4 is 10.9 Å². The third-order valence-electron chi connectivity index (χ3n) is 4.26. The molecule has 1 aliphatic rings. The molecule has 0 aliphatic carbocycles. The van der Waals surface area contributed by atoms with Gasteiger partial charge in [-0.1, -0.05) is 6.07 Å². The van der Waals surface area contributed by atoms with Gasteiger partial charge in [-0.25, -0.2) is 0 Å². The third kappa shape index (κ3) is 2.97. The topological polar surface area (TPSA) is 54.3 Å². The minimum Gasteiger partial charge on any atom is -0.492 e. The molecule has 4 nitrogen and oxygen atoms in total. The molecule has 1 aromatic carbocycles. The first-order valence-electron chi connectivity index (χ1n) is 7.48. The number of fused-ring (bicyclic) bond motifs is 1. The van der Waals surface area contributed by atoms with Crippen LogP contribution in [0.15, 0.2) is 30.5 Å². The summed E-state index contributed by atoms with van der Waals surface area (Å²) in [4.78, 5) is 5.68. The van der Waals surface area contributed by atoms with Crippen LogP contribution in [0.1, 0.15) is 12.8 Å². The van der Waals surface area contributed by atoms with Crippen molar-refractivity contribution in [3.05, 3.63) is 30.5 Å². The van der Waals surface area contributed by atoms with Gasteiger partial charge in [-0.3, -0.25) is 4.90 Å². The molecule has 1 aliphatic heterocycles. The van der Waals surface area contributed by atoms with Crippen molar-refractivity contribution in [2.45, 2.75) is 12.8 Å². The Morgan fingerprint density at radius 3 is 2.90 bits per heavy atom. The SMILES string of the molecule is NCC1CCN(CCOc2cccc3[nH]ccc23)CC1. The van der Waals surface area contributed by atoms with Gasteiger partial charge in [0.1, 0.15) is 12.4 Å². The van der Waals surface area contributed by atoms with Crippen molar-refractivity contribution in [3.63, 3.8) is 0 Å². The Hall–Kier alpha value is -1.52.